The number of aliphatic carboxylic acids is 2. The summed E-state index contributed by atoms with van der Waals surface area (Å²) in [5.41, 5.74) is -2.51. The summed E-state index contributed by atoms with van der Waals surface area (Å²) in [4.78, 5) is 32.9. The van der Waals surface area contributed by atoms with Gasteiger partial charge in [0.15, 0.2) is 5.60 Å². The molecule has 0 aromatic carbocycles. The van der Waals surface area contributed by atoms with Crippen molar-refractivity contribution in [2.75, 3.05) is 0 Å². The number of carbonyl (C=O) groups excluding carboxylic acids is 1. The topological polar surface area (TPSA) is 112 Å². The first-order valence-corrected chi connectivity index (χ1v) is 5.43. The molecule has 0 saturated carbocycles. The van der Waals surface area contributed by atoms with Gasteiger partial charge in [-0.05, 0) is 6.42 Å². The summed E-state index contributed by atoms with van der Waals surface area (Å²) >= 11 is 0. The minimum absolute atomic E-state index is 0.375. The monoisotopic (exact) mass is 246 g/mol. The Kier molecular flexibility index (Phi) is 5.81. The fraction of sp³-hybridized carbons (Fsp3) is 0.727. The lowest BCUT2D eigenvalue weighted by Crippen LogP contribution is -2.43. The van der Waals surface area contributed by atoms with Crippen LogP contribution in [0.1, 0.15) is 39.5 Å². The molecule has 3 N–H and O–H groups in total. The van der Waals surface area contributed by atoms with Gasteiger partial charge in [-0.1, -0.05) is 20.3 Å². The minimum Gasteiger partial charge on any atom is -0.481 e. The molecular formula is C11H18O6. The average molecular weight is 246 g/mol. The van der Waals surface area contributed by atoms with Crippen molar-refractivity contribution in [3.05, 3.63) is 0 Å². The van der Waals surface area contributed by atoms with Crippen LogP contribution in [0.15, 0.2) is 0 Å². The summed E-state index contributed by atoms with van der Waals surface area (Å²) in [6.07, 6.45) is -0.304. The van der Waals surface area contributed by atoms with Crippen molar-refractivity contribution < 1.29 is 29.7 Å². The molecule has 0 fully saturated rings. The van der Waals surface area contributed by atoms with E-state index in [0.717, 1.165) is 6.42 Å². The fourth-order valence-electron chi connectivity index (χ4n) is 1.52. The van der Waals surface area contributed by atoms with Crippen LogP contribution >= 0.6 is 0 Å². The zero-order chi connectivity index (χ0) is 13.6. The molecule has 0 aliphatic carbocycles. The van der Waals surface area contributed by atoms with Crippen LogP contribution in [-0.4, -0.2) is 38.6 Å². The normalized spacial score (nSPS) is 15.9. The van der Waals surface area contributed by atoms with Crippen LogP contribution in [0.25, 0.3) is 0 Å². The number of hydrogen-bond acceptors (Lipinski definition) is 4. The van der Waals surface area contributed by atoms with E-state index in [1.807, 2.05) is 6.92 Å². The molecule has 2 unspecified atom stereocenters. The average Bonchev–Trinajstić information content (AvgIpc) is 2.16. The number of carboxylic acid groups (broad SMARTS) is 2. The SMILES string of the molecule is CCCC(C)C(=O)CC(O)(CC(=O)O)C(=O)O. The maximum absolute atomic E-state index is 11.6. The van der Waals surface area contributed by atoms with Crippen molar-refractivity contribution in [2.24, 2.45) is 5.92 Å². The van der Waals surface area contributed by atoms with Gasteiger partial charge in [0.2, 0.25) is 0 Å². The van der Waals surface area contributed by atoms with E-state index in [-0.39, 0.29) is 5.92 Å². The first-order chi connectivity index (χ1) is 7.73. The van der Waals surface area contributed by atoms with E-state index in [9.17, 15) is 19.5 Å². The smallest absolute Gasteiger partial charge is 0.336 e. The molecule has 6 heteroatoms. The molecule has 0 radical (unpaired) electrons. The number of carbonyl (C=O) groups is 3. The Bertz CT molecular complexity index is 311. The standard InChI is InChI=1S/C11H18O6/c1-3-4-7(2)8(12)5-11(17,10(15)16)6-9(13)14/h7,17H,3-6H2,1-2H3,(H,13,14)(H,15,16). The predicted molar refractivity (Wildman–Crippen MR) is 58.5 cm³/mol. The van der Waals surface area contributed by atoms with E-state index in [1.54, 1.807) is 6.92 Å². The van der Waals surface area contributed by atoms with E-state index in [2.05, 4.69) is 0 Å². The number of rotatable bonds is 8. The Hall–Kier alpha value is -1.43. The van der Waals surface area contributed by atoms with Gasteiger partial charge in [-0.2, -0.15) is 0 Å². The molecule has 0 aromatic rings. The molecule has 6 nitrogen and oxygen atoms in total. The molecule has 2 atom stereocenters. The Morgan fingerprint density at radius 3 is 2.06 bits per heavy atom. The van der Waals surface area contributed by atoms with Crippen LogP contribution in [-0.2, 0) is 14.4 Å². The number of aliphatic hydroxyl groups is 1. The van der Waals surface area contributed by atoms with Gasteiger partial charge in [0.25, 0.3) is 0 Å². The van der Waals surface area contributed by atoms with Crippen molar-refractivity contribution in [2.45, 2.75) is 45.1 Å². The van der Waals surface area contributed by atoms with Gasteiger partial charge in [-0.15, -0.1) is 0 Å². The number of ketones is 1. The molecule has 0 aromatic heterocycles. The molecule has 0 bridgehead atoms. The second-order valence-electron chi connectivity index (χ2n) is 4.24. The second-order valence-corrected chi connectivity index (χ2v) is 4.24. The quantitative estimate of drug-likeness (QED) is 0.580. The Labute approximate surface area is 99.3 Å². The molecule has 0 spiro atoms. The maximum Gasteiger partial charge on any atom is 0.336 e. The Morgan fingerprint density at radius 2 is 1.71 bits per heavy atom. The summed E-state index contributed by atoms with van der Waals surface area (Å²) in [6, 6.07) is 0. The maximum atomic E-state index is 11.6. The Morgan fingerprint density at radius 1 is 1.18 bits per heavy atom. The van der Waals surface area contributed by atoms with E-state index in [0.29, 0.717) is 6.42 Å². The van der Waals surface area contributed by atoms with Gasteiger partial charge in [-0.25, -0.2) is 4.79 Å². The molecule has 0 aliphatic heterocycles. The van der Waals surface area contributed by atoms with E-state index < -0.39 is 36.2 Å². The van der Waals surface area contributed by atoms with Gasteiger partial charge < -0.3 is 15.3 Å². The molecule has 0 rings (SSSR count). The van der Waals surface area contributed by atoms with Crippen molar-refractivity contribution in [3.8, 4) is 0 Å². The third-order valence-corrected chi connectivity index (χ3v) is 2.58. The molecular weight excluding hydrogens is 228 g/mol. The number of hydrogen-bond donors (Lipinski definition) is 3. The van der Waals surface area contributed by atoms with Crippen LogP contribution in [0, 0.1) is 5.92 Å². The first kappa shape index (κ1) is 15.6. The number of carboxylic acids is 2. The van der Waals surface area contributed by atoms with Crippen LogP contribution < -0.4 is 0 Å². The van der Waals surface area contributed by atoms with Crippen molar-refractivity contribution in [1.29, 1.82) is 0 Å². The van der Waals surface area contributed by atoms with Crippen LogP contribution in [0.4, 0.5) is 0 Å². The third kappa shape index (κ3) is 4.95. The first-order valence-electron chi connectivity index (χ1n) is 5.43. The zero-order valence-corrected chi connectivity index (χ0v) is 9.97. The summed E-state index contributed by atoms with van der Waals surface area (Å²) in [5.74, 6) is -3.94. The highest BCUT2D eigenvalue weighted by molar-refractivity contribution is 5.91. The highest BCUT2D eigenvalue weighted by Gasteiger charge is 2.41. The lowest BCUT2D eigenvalue weighted by Gasteiger charge is -2.22. The van der Waals surface area contributed by atoms with Gasteiger partial charge >= 0.3 is 11.9 Å². The molecule has 0 heterocycles. The lowest BCUT2D eigenvalue weighted by molar-refractivity contribution is -0.167. The van der Waals surface area contributed by atoms with Gasteiger partial charge in [0.1, 0.15) is 5.78 Å². The molecule has 0 aliphatic rings. The van der Waals surface area contributed by atoms with Crippen molar-refractivity contribution in [1.82, 2.24) is 0 Å². The molecule has 98 valence electrons. The number of Topliss-reactive ketones (excluding diaryl/α,β-unsaturated/α-hetero) is 1. The van der Waals surface area contributed by atoms with Crippen LogP contribution in [0.5, 0.6) is 0 Å². The molecule has 17 heavy (non-hydrogen) atoms. The summed E-state index contributed by atoms with van der Waals surface area (Å²) in [7, 11) is 0. The van der Waals surface area contributed by atoms with Crippen LogP contribution in [0.2, 0.25) is 0 Å². The minimum atomic E-state index is -2.51. The van der Waals surface area contributed by atoms with E-state index in [4.69, 9.17) is 10.2 Å². The molecule has 0 amide bonds. The Balaban J connectivity index is 4.71. The zero-order valence-electron chi connectivity index (χ0n) is 9.97. The molecule has 0 saturated heterocycles. The third-order valence-electron chi connectivity index (χ3n) is 2.58. The lowest BCUT2D eigenvalue weighted by atomic mass is 9.87. The van der Waals surface area contributed by atoms with Gasteiger partial charge in [-0.3, -0.25) is 9.59 Å². The summed E-state index contributed by atoms with van der Waals surface area (Å²) in [5, 5.41) is 26.9. The fourth-order valence-corrected chi connectivity index (χ4v) is 1.52. The van der Waals surface area contributed by atoms with Crippen molar-refractivity contribution >= 4 is 17.7 Å². The van der Waals surface area contributed by atoms with Crippen molar-refractivity contribution in [3.63, 3.8) is 0 Å². The summed E-state index contributed by atoms with van der Waals surface area (Å²) < 4.78 is 0. The van der Waals surface area contributed by atoms with E-state index in [1.165, 1.54) is 0 Å². The second kappa shape index (κ2) is 6.34. The van der Waals surface area contributed by atoms with Gasteiger partial charge in [0.05, 0.1) is 6.42 Å². The summed E-state index contributed by atoms with van der Waals surface area (Å²) in [6.45, 7) is 3.51. The largest absolute Gasteiger partial charge is 0.481 e. The van der Waals surface area contributed by atoms with Gasteiger partial charge in [0, 0.05) is 12.3 Å². The highest BCUT2D eigenvalue weighted by atomic mass is 16.4. The van der Waals surface area contributed by atoms with Crippen LogP contribution in [0.3, 0.4) is 0 Å². The van der Waals surface area contributed by atoms with E-state index >= 15 is 0 Å². The highest BCUT2D eigenvalue weighted by Crippen LogP contribution is 2.20. The predicted octanol–water partition coefficient (Wildman–Crippen LogP) is 0.672.